The van der Waals surface area contributed by atoms with Crippen LogP contribution in [0.15, 0.2) is 11.0 Å². The summed E-state index contributed by atoms with van der Waals surface area (Å²) in [5.41, 5.74) is 0. The van der Waals surface area contributed by atoms with Crippen LogP contribution in [0.1, 0.15) is 27.4 Å². The number of amides is 1. The first-order valence-corrected chi connectivity index (χ1v) is 8.72. The number of carboxylic acids is 1. The zero-order valence-corrected chi connectivity index (χ0v) is 13.0. The van der Waals surface area contributed by atoms with Crippen LogP contribution in [0.4, 0.5) is 0 Å². The van der Waals surface area contributed by atoms with E-state index >= 15 is 0 Å². The van der Waals surface area contributed by atoms with Gasteiger partial charge in [-0.25, -0.2) is 17.9 Å². The summed E-state index contributed by atoms with van der Waals surface area (Å²) in [5.74, 6) is -1.12. The van der Waals surface area contributed by atoms with Crippen LogP contribution in [0.25, 0.3) is 0 Å². The number of hydrogen-bond acceptors (Lipinski definition) is 5. The lowest BCUT2D eigenvalue weighted by molar-refractivity contribution is -0.122. The van der Waals surface area contributed by atoms with Gasteiger partial charge in [0.15, 0.2) is 0 Å². The summed E-state index contributed by atoms with van der Waals surface area (Å²) in [6, 6.07) is 1.15. The molecule has 0 radical (unpaired) electrons. The fourth-order valence-electron chi connectivity index (χ4n) is 1.78. The third-order valence-electron chi connectivity index (χ3n) is 3.04. The van der Waals surface area contributed by atoms with Crippen molar-refractivity contribution in [2.24, 2.45) is 5.92 Å². The molecule has 1 heterocycles. The Hall–Kier alpha value is -1.45. The molecule has 3 N–H and O–H groups in total. The molecular weight excluding hydrogens is 316 g/mol. The molecule has 116 valence electrons. The number of carbonyl (C=O) groups is 2. The highest BCUT2D eigenvalue weighted by molar-refractivity contribution is 7.89. The molecule has 1 aliphatic rings. The van der Waals surface area contributed by atoms with Crippen LogP contribution in [0, 0.1) is 12.8 Å². The summed E-state index contributed by atoms with van der Waals surface area (Å²) in [4.78, 5) is 22.6. The number of rotatable bonds is 7. The molecule has 0 unspecified atom stereocenters. The maximum absolute atomic E-state index is 12.1. The average molecular weight is 332 g/mol. The summed E-state index contributed by atoms with van der Waals surface area (Å²) in [6.45, 7) is 1.84. The molecule has 2 rings (SSSR count). The molecule has 0 bridgehead atoms. The van der Waals surface area contributed by atoms with Crippen LogP contribution in [0.3, 0.4) is 0 Å². The fraction of sp³-hybridized carbons (Fsp3) is 0.500. The van der Waals surface area contributed by atoms with Gasteiger partial charge in [0.05, 0.1) is 4.90 Å². The van der Waals surface area contributed by atoms with Gasteiger partial charge in [0.1, 0.15) is 4.88 Å². The van der Waals surface area contributed by atoms with Crippen molar-refractivity contribution in [2.75, 3.05) is 13.1 Å². The Kier molecular flexibility index (Phi) is 4.64. The van der Waals surface area contributed by atoms with Gasteiger partial charge >= 0.3 is 5.97 Å². The summed E-state index contributed by atoms with van der Waals surface area (Å²) >= 11 is 0.917. The predicted molar refractivity (Wildman–Crippen MR) is 76.9 cm³/mol. The lowest BCUT2D eigenvalue weighted by Gasteiger charge is -2.07. The summed E-state index contributed by atoms with van der Waals surface area (Å²) in [6.07, 6.45) is 1.78. The van der Waals surface area contributed by atoms with E-state index in [2.05, 4.69) is 10.0 Å². The van der Waals surface area contributed by atoms with Crippen molar-refractivity contribution in [1.82, 2.24) is 10.0 Å². The smallest absolute Gasteiger partial charge is 0.345 e. The fourth-order valence-corrected chi connectivity index (χ4v) is 4.24. The number of sulfonamides is 1. The first-order valence-electron chi connectivity index (χ1n) is 6.42. The van der Waals surface area contributed by atoms with Crippen LogP contribution < -0.4 is 10.0 Å². The number of carboxylic acid groups (broad SMARTS) is 1. The highest BCUT2D eigenvalue weighted by atomic mass is 32.2. The lowest BCUT2D eigenvalue weighted by Crippen LogP contribution is -2.35. The van der Waals surface area contributed by atoms with Crippen molar-refractivity contribution in [3.63, 3.8) is 0 Å². The van der Waals surface area contributed by atoms with Crippen molar-refractivity contribution in [2.45, 2.75) is 24.7 Å². The van der Waals surface area contributed by atoms with Gasteiger partial charge in [-0.2, -0.15) is 0 Å². The van der Waals surface area contributed by atoms with E-state index in [0.717, 1.165) is 30.2 Å². The molecule has 1 amide bonds. The quantitative estimate of drug-likeness (QED) is 0.632. The highest BCUT2D eigenvalue weighted by Crippen LogP contribution is 2.28. The van der Waals surface area contributed by atoms with Gasteiger partial charge in [0.2, 0.25) is 15.9 Å². The average Bonchev–Trinajstić information content (AvgIpc) is 3.16. The van der Waals surface area contributed by atoms with E-state index in [1.807, 2.05) is 0 Å². The molecular formula is C12H16N2O5S2. The zero-order chi connectivity index (χ0) is 15.6. The zero-order valence-electron chi connectivity index (χ0n) is 11.4. The maximum atomic E-state index is 12.1. The second-order valence-corrected chi connectivity index (χ2v) is 7.79. The molecule has 1 saturated carbocycles. The van der Waals surface area contributed by atoms with E-state index in [0.29, 0.717) is 4.88 Å². The van der Waals surface area contributed by atoms with Gasteiger partial charge in [0.25, 0.3) is 0 Å². The van der Waals surface area contributed by atoms with Crippen LogP contribution in [-0.2, 0) is 14.8 Å². The predicted octanol–water partition coefficient (Wildman–Crippen LogP) is 0.559. The van der Waals surface area contributed by atoms with Gasteiger partial charge in [-0.15, -0.1) is 11.3 Å². The Bertz CT molecular complexity index is 661. The first kappa shape index (κ1) is 15.9. The van der Waals surface area contributed by atoms with E-state index in [4.69, 9.17) is 5.11 Å². The number of aryl methyl sites for hydroxylation is 1. The van der Waals surface area contributed by atoms with E-state index < -0.39 is 16.0 Å². The molecule has 0 aromatic carbocycles. The van der Waals surface area contributed by atoms with Crippen LogP contribution in [-0.4, -0.2) is 38.5 Å². The van der Waals surface area contributed by atoms with E-state index in [1.54, 1.807) is 6.92 Å². The van der Waals surface area contributed by atoms with Gasteiger partial charge in [-0.3, -0.25) is 4.79 Å². The Morgan fingerprint density at radius 1 is 1.38 bits per heavy atom. The largest absolute Gasteiger partial charge is 0.477 e. The molecule has 1 fully saturated rings. The van der Waals surface area contributed by atoms with Gasteiger partial charge in [-0.1, -0.05) is 0 Å². The number of carbonyl (C=O) groups excluding carboxylic acids is 1. The van der Waals surface area contributed by atoms with Crippen molar-refractivity contribution >= 4 is 33.2 Å². The normalized spacial score (nSPS) is 14.9. The Labute approximate surface area is 126 Å². The molecule has 1 aromatic rings. The van der Waals surface area contributed by atoms with Crippen molar-refractivity contribution < 1.29 is 23.1 Å². The minimum absolute atomic E-state index is 0.0186. The summed E-state index contributed by atoms with van der Waals surface area (Å²) in [7, 11) is -3.76. The van der Waals surface area contributed by atoms with Crippen LogP contribution in [0.2, 0.25) is 0 Å². The first-order chi connectivity index (χ1) is 9.81. The Balaban J connectivity index is 1.91. The summed E-state index contributed by atoms with van der Waals surface area (Å²) < 4.78 is 26.5. The van der Waals surface area contributed by atoms with Gasteiger partial charge in [0, 0.05) is 23.9 Å². The third kappa shape index (κ3) is 4.02. The standard InChI is InChI=1S/C12H16N2O5S2/c1-7-10(6-9(20-7)12(16)17)21(18,19)14-5-4-13-11(15)8-2-3-8/h6,8,14H,2-5H2,1H3,(H,13,15)(H,16,17). The molecule has 0 aliphatic heterocycles. The van der Waals surface area contributed by atoms with Crippen LogP contribution in [0.5, 0.6) is 0 Å². The minimum Gasteiger partial charge on any atom is -0.477 e. The second-order valence-electron chi connectivity index (χ2n) is 4.80. The molecule has 0 spiro atoms. The van der Waals surface area contributed by atoms with Crippen molar-refractivity contribution in [3.05, 3.63) is 15.8 Å². The van der Waals surface area contributed by atoms with Gasteiger partial charge < -0.3 is 10.4 Å². The molecule has 7 nitrogen and oxygen atoms in total. The Morgan fingerprint density at radius 3 is 2.57 bits per heavy atom. The van der Waals surface area contributed by atoms with E-state index in [-0.39, 0.29) is 34.7 Å². The summed E-state index contributed by atoms with van der Waals surface area (Å²) in [5, 5.41) is 11.5. The Morgan fingerprint density at radius 2 is 2.05 bits per heavy atom. The van der Waals surface area contributed by atoms with Crippen LogP contribution >= 0.6 is 11.3 Å². The van der Waals surface area contributed by atoms with E-state index in [9.17, 15) is 18.0 Å². The molecule has 0 saturated heterocycles. The monoisotopic (exact) mass is 332 g/mol. The number of nitrogens with one attached hydrogen (secondary N) is 2. The van der Waals surface area contributed by atoms with E-state index in [1.165, 1.54) is 0 Å². The molecule has 1 aromatic heterocycles. The van der Waals surface area contributed by atoms with Gasteiger partial charge in [-0.05, 0) is 25.8 Å². The minimum atomic E-state index is -3.76. The third-order valence-corrected chi connectivity index (χ3v) is 5.79. The van der Waals surface area contributed by atoms with Crippen molar-refractivity contribution in [1.29, 1.82) is 0 Å². The molecule has 1 aliphatic carbocycles. The molecule has 21 heavy (non-hydrogen) atoms. The SMILES string of the molecule is Cc1sc(C(=O)O)cc1S(=O)(=O)NCCNC(=O)C1CC1. The maximum Gasteiger partial charge on any atom is 0.345 e. The topological polar surface area (TPSA) is 113 Å². The van der Waals surface area contributed by atoms with Crippen molar-refractivity contribution in [3.8, 4) is 0 Å². The number of thiophene rings is 1. The second kappa shape index (κ2) is 6.12. The highest BCUT2D eigenvalue weighted by Gasteiger charge is 2.29. The number of aromatic carboxylic acids is 1. The molecule has 9 heteroatoms. The molecule has 0 atom stereocenters. The number of hydrogen-bond donors (Lipinski definition) is 3. The lowest BCUT2D eigenvalue weighted by atomic mass is 10.4.